The second-order valence-corrected chi connectivity index (χ2v) is 8.71. The van der Waals surface area contributed by atoms with Crippen molar-refractivity contribution in [1.29, 1.82) is 0 Å². The summed E-state index contributed by atoms with van der Waals surface area (Å²) >= 11 is 0. The Bertz CT molecular complexity index is 866. The lowest BCUT2D eigenvalue weighted by atomic mass is 9.69. The van der Waals surface area contributed by atoms with Gasteiger partial charge in [-0.1, -0.05) is 6.92 Å². The van der Waals surface area contributed by atoms with Crippen molar-refractivity contribution in [1.82, 2.24) is 19.3 Å². The average molecular weight is 350 g/mol. The Labute approximate surface area is 141 Å². The number of rotatable bonds is 2. The second kappa shape index (κ2) is 5.40. The number of hydrogen-bond donors (Lipinski definition) is 2. The molecule has 0 unspecified atom stereocenters. The molecule has 2 aliphatic rings. The molecule has 2 aliphatic heterocycles. The molecule has 2 aromatic rings. The molecule has 24 heavy (non-hydrogen) atoms. The molecule has 0 saturated carbocycles. The zero-order chi connectivity index (χ0) is 16.9. The van der Waals surface area contributed by atoms with Crippen LogP contribution in [0.4, 0.5) is 5.82 Å². The molecular formula is C15H22N6O2S. The van der Waals surface area contributed by atoms with E-state index in [4.69, 9.17) is 5.14 Å². The third kappa shape index (κ3) is 2.56. The highest BCUT2D eigenvalue weighted by Gasteiger charge is 2.46. The summed E-state index contributed by atoms with van der Waals surface area (Å²) in [6, 6.07) is 1.98. The first-order chi connectivity index (χ1) is 11.4. The first kappa shape index (κ1) is 15.8. The second-order valence-electron chi connectivity index (χ2n) is 7.17. The van der Waals surface area contributed by atoms with Gasteiger partial charge >= 0.3 is 0 Å². The van der Waals surface area contributed by atoms with Gasteiger partial charge in [0.2, 0.25) is 0 Å². The Kier molecular flexibility index (Phi) is 3.55. The predicted octanol–water partition coefficient (Wildman–Crippen LogP) is 0.700. The summed E-state index contributed by atoms with van der Waals surface area (Å²) in [5, 5.41) is 6.36. The van der Waals surface area contributed by atoms with Crippen molar-refractivity contribution >= 4 is 27.1 Å². The Hall–Kier alpha value is -1.71. The SMILES string of the molecule is C[C@@]12CN(c3ncnc4[nH]ccc34)CC[C@@H]1CCN(S(N)(=O)=O)C2. The fraction of sp³-hybridized carbons (Fsp3) is 0.600. The first-order valence-corrected chi connectivity index (χ1v) is 9.68. The molecule has 4 rings (SSSR count). The van der Waals surface area contributed by atoms with E-state index in [1.807, 2.05) is 12.3 Å². The highest BCUT2D eigenvalue weighted by Crippen LogP contribution is 2.43. The highest BCUT2D eigenvalue weighted by atomic mass is 32.2. The Balaban J connectivity index is 1.64. The summed E-state index contributed by atoms with van der Waals surface area (Å²) in [5.41, 5.74) is 0.693. The molecule has 130 valence electrons. The lowest BCUT2D eigenvalue weighted by Gasteiger charge is -2.51. The molecule has 2 fully saturated rings. The number of piperidine rings is 2. The van der Waals surface area contributed by atoms with Crippen molar-refractivity contribution in [3.63, 3.8) is 0 Å². The minimum absolute atomic E-state index is 0.128. The first-order valence-electron chi connectivity index (χ1n) is 8.18. The smallest absolute Gasteiger partial charge is 0.276 e. The van der Waals surface area contributed by atoms with Crippen LogP contribution in [0.25, 0.3) is 11.0 Å². The molecule has 0 spiro atoms. The van der Waals surface area contributed by atoms with Crippen LogP contribution in [0, 0.1) is 11.3 Å². The maximum atomic E-state index is 11.8. The number of aromatic nitrogens is 3. The third-order valence-corrected chi connectivity index (χ3v) is 6.57. The van der Waals surface area contributed by atoms with Gasteiger partial charge in [-0.3, -0.25) is 0 Å². The molecule has 9 heteroatoms. The molecule has 4 heterocycles. The van der Waals surface area contributed by atoms with Crippen LogP contribution in [-0.4, -0.2) is 53.9 Å². The Morgan fingerprint density at radius 1 is 1.29 bits per heavy atom. The zero-order valence-corrected chi connectivity index (χ0v) is 14.5. The van der Waals surface area contributed by atoms with Gasteiger partial charge in [0.25, 0.3) is 10.2 Å². The quantitative estimate of drug-likeness (QED) is 0.829. The van der Waals surface area contributed by atoms with E-state index in [0.717, 1.165) is 42.8 Å². The molecule has 0 radical (unpaired) electrons. The van der Waals surface area contributed by atoms with Crippen LogP contribution < -0.4 is 10.0 Å². The molecule has 0 aliphatic carbocycles. The van der Waals surface area contributed by atoms with Gasteiger partial charge in [-0.25, -0.2) is 15.1 Å². The summed E-state index contributed by atoms with van der Waals surface area (Å²) in [6.07, 6.45) is 5.33. The maximum absolute atomic E-state index is 11.8. The van der Waals surface area contributed by atoms with E-state index < -0.39 is 10.2 Å². The lowest BCUT2D eigenvalue weighted by Crippen LogP contribution is -2.58. The van der Waals surface area contributed by atoms with Crippen molar-refractivity contribution in [2.45, 2.75) is 19.8 Å². The summed E-state index contributed by atoms with van der Waals surface area (Å²) in [4.78, 5) is 14.1. The van der Waals surface area contributed by atoms with Crippen LogP contribution in [0.5, 0.6) is 0 Å². The van der Waals surface area contributed by atoms with Gasteiger partial charge in [-0.05, 0) is 24.8 Å². The third-order valence-electron chi connectivity index (χ3n) is 5.54. The predicted molar refractivity (Wildman–Crippen MR) is 91.6 cm³/mol. The van der Waals surface area contributed by atoms with Crippen molar-refractivity contribution < 1.29 is 8.42 Å². The monoisotopic (exact) mass is 350 g/mol. The van der Waals surface area contributed by atoms with Gasteiger partial charge in [-0.2, -0.15) is 12.7 Å². The number of hydrogen-bond acceptors (Lipinski definition) is 5. The summed E-state index contributed by atoms with van der Waals surface area (Å²) < 4.78 is 24.9. The highest BCUT2D eigenvalue weighted by molar-refractivity contribution is 7.86. The Morgan fingerprint density at radius 2 is 2.08 bits per heavy atom. The Morgan fingerprint density at radius 3 is 2.88 bits per heavy atom. The van der Waals surface area contributed by atoms with Gasteiger partial charge < -0.3 is 9.88 Å². The normalized spacial score (nSPS) is 28.9. The van der Waals surface area contributed by atoms with Crippen molar-refractivity contribution in [2.24, 2.45) is 16.5 Å². The molecule has 0 aromatic carbocycles. The summed E-state index contributed by atoms with van der Waals surface area (Å²) in [7, 11) is -3.64. The van der Waals surface area contributed by atoms with E-state index in [-0.39, 0.29) is 5.41 Å². The van der Waals surface area contributed by atoms with Gasteiger partial charge in [-0.15, -0.1) is 0 Å². The minimum Gasteiger partial charge on any atom is -0.355 e. The largest absolute Gasteiger partial charge is 0.355 e. The van der Waals surface area contributed by atoms with Crippen molar-refractivity contribution in [3.8, 4) is 0 Å². The topological polar surface area (TPSA) is 108 Å². The van der Waals surface area contributed by atoms with E-state index in [9.17, 15) is 8.42 Å². The van der Waals surface area contributed by atoms with Gasteiger partial charge in [0.05, 0.1) is 5.39 Å². The number of aromatic amines is 1. The molecule has 0 bridgehead atoms. The fourth-order valence-corrected chi connectivity index (χ4v) is 5.10. The van der Waals surface area contributed by atoms with Crippen molar-refractivity contribution in [3.05, 3.63) is 18.6 Å². The molecule has 3 N–H and O–H groups in total. The van der Waals surface area contributed by atoms with E-state index >= 15 is 0 Å². The van der Waals surface area contributed by atoms with E-state index in [2.05, 4.69) is 26.8 Å². The van der Waals surface area contributed by atoms with Crippen LogP contribution in [0.2, 0.25) is 0 Å². The summed E-state index contributed by atoms with van der Waals surface area (Å²) in [5.74, 6) is 1.42. The number of anilines is 1. The molecule has 0 amide bonds. The molecule has 2 aromatic heterocycles. The number of fused-ring (bicyclic) bond motifs is 2. The average Bonchev–Trinajstić information content (AvgIpc) is 3.00. The van der Waals surface area contributed by atoms with Crippen LogP contribution in [0.1, 0.15) is 19.8 Å². The van der Waals surface area contributed by atoms with Crippen molar-refractivity contribution in [2.75, 3.05) is 31.1 Å². The van der Waals surface area contributed by atoms with Crippen LogP contribution in [0.15, 0.2) is 18.6 Å². The van der Waals surface area contributed by atoms with E-state index in [1.165, 1.54) is 4.31 Å². The summed E-state index contributed by atoms with van der Waals surface area (Å²) in [6.45, 7) is 4.84. The standard InChI is InChI=1S/C15H22N6O2S/c1-15-8-20(14-12-2-5-17-13(12)18-10-19-14)6-3-11(15)4-7-21(9-15)24(16,22)23/h2,5,10-11H,3-4,6-9H2,1H3,(H2,16,22,23)(H,17,18,19)/t11-,15+/m1/s1. The lowest BCUT2D eigenvalue weighted by molar-refractivity contribution is 0.0676. The van der Waals surface area contributed by atoms with Gasteiger partial charge in [0.1, 0.15) is 17.8 Å². The molecule has 2 atom stereocenters. The van der Waals surface area contributed by atoms with Crippen LogP contribution >= 0.6 is 0 Å². The molecular weight excluding hydrogens is 328 g/mol. The number of nitrogens with zero attached hydrogens (tertiary/aromatic N) is 4. The number of nitrogens with two attached hydrogens (primary N) is 1. The van der Waals surface area contributed by atoms with Crippen LogP contribution in [-0.2, 0) is 10.2 Å². The number of nitrogens with one attached hydrogen (secondary N) is 1. The molecule has 2 saturated heterocycles. The molecule has 8 nitrogen and oxygen atoms in total. The maximum Gasteiger partial charge on any atom is 0.276 e. The van der Waals surface area contributed by atoms with Crippen LogP contribution in [0.3, 0.4) is 0 Å². The van der Waals surface area contributed by atoms with Gasteiger partial charge in [0, 0.05) is 37.8 Å². The van der Waals surface area contributed by atoms with E-state index in [0.29, 0.717) is 19.0 Å². The minimum atomic E-state index is -3.64. The fourth-order valence-electron chi connectivity index (χ4n) is 4.27. The zero-order valence-electron chi connectivity index (χ0n) is 13.6. The van der Waals surface area contributed by atoms with E-state index in [1.54, 1.807) is 6.33 Å². The van der Waals surface area contributed by atoms with Gasteiger partial charge in [0.15, 0.2) is 0 Å². The number of H-pyrrole nitrogens is 1.